The summed E-state index contributed by atoms with van der Waals surface area (Å²) >= 11 is 5.97. The van der Waals surface area contributed by atoms with Crippen molar-refractivity contribution in [1.82, 2.24) is 0 Å². The number of ether oxygens (including phenoxy) is 2. The molecule has 138 valence electrons. The van der Waals surface area contributed by atoms with E-state index in [1.54, 1.807) is 0 Å². The Labute approximate surface area is 160 Å². The van der Waals surface area contributed by atoms with Gasteiger partial charge in [-0.1, -0.05) is 0 Å². The Balaban J connectivity index is 3.62. The van der Waals surface area contributed by atoms with Gasteiger partial charge >= 0.3 is 17.9 Å². The van der Waals surface area contributed by atoms with Crippen LogP contribution in [0.25, 0.3) is 0 Å². The first-order valence-corrected chi connectivity index (χ1v) is 8.91. The van der Waals surface area contributed by atoms with Gasteiger partial charge < -0.3 is 14.6 Å². The molecule has 1 atom stereocenters. The van der Waals surface area contributed by atoms with Crippen LogP contribution < -0.4 is 0 Å². The van der Waals surface area contributed by atoms with Gasteiger partial charge in [0.15, 0.2) is 11.2 Å². The van der Waals surface area contributed by atoms with Gasteiger partial charge in [-0.05, 0) is 70.3 Å². The minimum atomic E-state index is -2.14. The minimum Gasteiger partial charge on any atom is -0.481 e. The number of esters is 2. The summed E-state index contributed by atoms with van der Waals surface area (Å²) in [5, 5.41) is 9.71. The molecule has 1 rings (SSSR count). The summed E-state index contributed by atoms with van der Waals surface area (Å²) in [6, 6.07) is 2.41. The van der Waals surface area contributed by atoms with Gasteiger partial charge in [0.25, 0.3) is 0 Å². The van der Waals surface area contributed by atoms with Crippen molar-refractivity contribution < 1.29 is 33.4 Å². The fourth-order valence-corrected chi connectivity index (χ4v) is 3.57. The second-order valence-electron chi connectivity index (χ2n) is 5.21. The van der Waals surface area contributed by atoms with Crippen LogP contribution in [0.15, 0.2) is 21.1 Å². The second kappa shape index (κ2) is 8.75. The number of hydrogen-bond acceptors (Lipinski definition) is 5. The molecule has 1 unspecified atom stereocenters. The predicted molar refractivity (Wildman–Crippen MR) is 93.5 cm³/mol. The molecule has 6 nitrogen and oxygen atoms in total. The Bertz CT molecular complexity index is 650. The number of halogens is 3. The molecule has 0 radical (unpaired) electrons. The maximum atomic E-state index is 13.8. The topological polar surface area (TPSA) is 89.9 Å². The molecule has 0 aliphatic heterocycles. The molecule has 9 heteroatoms. The lowest BCUT2D eigenvalue weighted by molar-refractivity contribution is -0.176. The first-order valence-electron chi connectivity index (χ1n) is 7.32. The molecule has 0 saturated heterocycles. The molecular weight excluding hydrogens is 467 g/mol. The average molecular weight is 484 g/mol. The highest BCUT2D eigenvalue weighted by molar-refractivity contribution is 9.11. The molecule has 0 heterocycles. The Morgan fingerprint density at radius 2 is 1.52 bits per heavy atom. The van der Waals surface area contributed by atoms with Gasteiger partial charge in [0.05, 0.1) is 22.2 Å². The standard InChI is InChI=1S/C16H17Br2FO6/c1-4-24-14(22)16(3,15(23)25-5-2)11(13(20)21)8-6-9(17)12(19)10(18)7-8/h6-7,11H,4-5H2,1-3H3,(H,20,21). The Hall–Kier alpha value is -1.48. The molecule has 0 bridgehead atoms. The minimum absolute atomic E-state index is 0.0156. The lowest BCUT2D eigenvalue weighted by Crippen LogP contribution is -2.47. The third kappa shape index (κ3) is 4.38. The number of benzene rings is 1. The first-order chi connectivity index (χ1) is 11.6. The summed E-state index contributed by atoms with van der Waals surface area (Å²) in [5.74, 6) is -5.79. The van der Waals surface area contributed by atoms with Crippen molar-refractivity contribution in [3.05, 3.63) is 32.5 Å². The Kier molecular flexibility index (Phi) is 7.55. The molecule has 0 amide bonds. The maximum Gasteiger partial charge on any atom is 0.324 e. The number of carboxylic acid groups (broad SMARTS) is 1. The number of carbonyl (C=O) groups excluding carboxylic acids is 2. The lowest BCUT2D eigenvalue weighted by atomic mass is 9.73. The van der Waals surface area contributed by atoms with Crippen LogP contribution in [0.5, 0.6) is 0 Å². The summed E-state index contributed by atoms with van der Waals surface area (Å²) in [5.41, 5.74) is -2.11. The quantitative estimate of drug-likeness (QED) is 0.361. The molecule has 0 aliphatic carbocycles. The van der Waals surface area contributed by atoms with E-state index in [4.69, 9.17) is 9.47 Å². The van der Waals surface area contributed by atoms with E-state index < -0.39 is 35.1 Å². The maximum absolute atomic E-state index is 13.8. The van der Waals surface area contributed by atoms with Crippen LogP contribution in [0.1, 0.15) is 32.3 Å². The molecule has 1 N–H and O–H groups in total. The van der Waals surface area contributed by atoms with Crippen LogP contribution in [0.3, 0.4) is 0 Å². The number of carbonyl (C=O) groups is 3. The van der Waals surface area contributed by atoms with E-state index in [9.17, 15) is 23.9 Å². The van der Waals surface area contributed by atoms with E-state index >= 15 is 0 Å². The van der Waals surface area contributed by atoms with E-state index in [1.807, 2.05) is 0 Å². The number of aliphatic carboxylic acids is 1. The Morgan fingerprint density at radius 3 is 1.84 bits per heavy atom. The molecular formula is C16H17Br2FO6. The highest BCUT2D eigenvalue weighted by atomic mass is 79.9. The van der Waals surface area contributed by atoms with Gasteiger partial charge in [-0.2, -0.15) is 0 Å². The third-order valence-corrected chi connectivity index (χ3v) is 4.72. The monoisotopic (exact) mass is 482 g/mol. The van der Waals surface area contributed by atoms with Gasteiger partial charge in [-0.25, -0.2) is 4.39 Å². The van der Waals surface area contributed by atoms with Crippen LogP contribution in [0.4, 0.5) is 4.39 Å². The van der Waals surface area contributed by atoms with Gasteiger partial charge in [0, 0.05) is 0 Å². The fraction of sp³-hybridized carbons (Fsp3) is 0.438. The summed E-state index contributed by atoms with van der Waals surface area (Å²) < 4.78 is 23.6. The highest BCUT2D eigenvalue weighted by Gasteiger charge is 2.55. The SMILES string of the molecule is CCOC(=O)C(C)(C(=O)OCC)C(C(=O)O)c1cc(Br)c(F)c(Br)c1. The normalized spacial score (nSPS) is 12.4. The number of hydrogen-bond donors (Lipinski definition) is 1. The van der Waals surface area contributed by atoms with Crippen molar-refractivity contribution in [1.29, 1.82) is 0 Å². The van der Waals surface area contributed by atoms with Crippen LogP contribution in [0.2, 0.25) is 0 Å². The molecule has 1 aromatic rings. The van der Waals surface area contributed by atoms with Gasteiger partial charge in [0.1, 0.15) is 5.92 Å². The van der Waals surface area contributed by atoms with Crippen molar-refractivity contribution in [2.75, 3.05) is 13.2 Å². The molecule has 0 fully saturated rings. The first kappa shape index (κ1) is 21.6. The summed E-state index contributed by atoms with van der Waals surface area (Å²) in [6.07, 6.45) is 0. The molecule has 0 aromatic heterocycles. The summed E-state index contributed by atoms with van der Waals surface area (Å²) in [4.78, 5) is 36.8. The zero-order chi connectivity index (χ0) is 19.4. The summed E-state index contributed by atoms with van der Waals surface area (Å²) in [7, 11) is 0. The van der Waals surface area contributed by atoms with Crippen molar-refractivity contribution in [2.24, 2.45) is 5.41 Å². The van der Waals surface area contributed by atoms with Crippen LogP contribution >= 0.6 is 31.9 Å². The zero-order valence-corrected chi connectivity index (χ0v) is 16.9. The lowest BCUT2D eigenvalue weighted by Gasteiger charge is -2.31. The van der Waals surface area contributed by atoms with E-state index in [0.29, 0.717) is 0 Å². The van der Waals surface area contributed by atoms with Gasteiger partial charge in [-0.3, -0.25) is 14.4 Å². The number of rotatable bonds is 7. The van der Waals surface area contributed by atoms with Crippen molar-refractivity contribution in [3.8, 4) is 0 Å². The summed E-state index contributed by atoms with van der Waals surface area (Å²) in [6.45, 7) is 4.12. The molecule has 0 saturated carbocycles. The molecule has 0 spiro atoms. The highest BCUT2D eigenvalue weighted by Crippen LogP contribution is 2.41. The van der Waals surface area contributed by atoms with E-state index in [-0.39, 0.29) is 27.7 Å². The smallest absolute Gasteiger partial charge is 0.324 e. The van der Waals surface area contributed by atoms with E-state index in [1.165, 1.54) is 26.0 Å². The third-order valence-electron chi connectivity index (χ3n) is 3.56. The van der Waals surface area contributed by atoms with Crippen molar-refractivity contribution in [3.63, 3.8) is 0 Å². The van der Waals surface area contributed by atoms with Crippen molar-refractivity contribution >= 4 is 49.8 Å². The van der Waals surface area contributed by atoms with Gasteiger partial charge in [-0.15, -0.1) is 0 Å². The molecule has 1 aromatic carbocycles. The van der Waals surface area contributed by atoms with Crippen LogP contribution in [-0.4, -0.2) is 36.2 Å². The molecule has 25 heavy (non-hydrogen) atoms. The predicted octanol–water partition coefficient (Wildman–Crippen LogP) is 3.65. The van der Waals surface area contributed by atoms with E-state index in [2.05, 4.69) is 31.9 Å². The second-order valence-corrected chi connectivity index (χ2v) is 6.92. The largest absolute Gasteiger partial charge is 0.481 e. The number of carboxylic acids is 1. The Morgan fingerprint density at radius 1 is 1.12 bits per heavy atom. The fourth-order valence-electron chi connectivity index (χ4n) is 2.35. The molecule has 0 aliphatic rings. The van der Waals surface area contributed by atoms with Crippen LogP contribution in [0, 0.1) is 11.2 Å². The van der Waals surface area contributed by atoms with Crippen molar-refractivity contribution in [2.45, 2.75) is 26.7 Å². The average Bonchev–Trinajstić information content (AvgIpc) is 2.52. The van der Waals surface area contributed by atoms with E-state index in [0.717, 1.165) is 6.92 Å². The zero-order valence-electron chi connectivity index (χ0n) is 13.8. The van der Waals surface area contributed by atoms with Gasteiger partial charge in [0.2, 0.25) is 0 Å². The van der Waals surface area contributed by atoms with Crippen LogP contribution in [-0.2, 0) is 23.9 Å².